The van der Waals surface area contributed by atoms with E-state index in [9.17, 15) is 13.6 Å². The lowest BCUT2D eigenvalue weighted by Crippen LogP contribution is -2.23. The van der Waals surface area contributed by atoms with E-state index in [4.69, 9.17) is 0 Å². The van der Waals surface area contributed by atoms with Crippen molar-refractivity contribution in [3.8, 4) is 11.1 Å². The number of fused-ring (bicyclic) bond motifs is 1. The van der Waals surface area contributed by atoms with Crippen LogP contribution in [0.25, 0.3) is 11.1 Å². The molecule has 126 valence electrons. The fraction of sp³-hybridized carbons (Fsp3) is 0.105. The van der Waals surface area contributed by atoms with E-state index in [1.165, 1.54) is 29.5 Å². The average molecular weight is 420 g/mol. The molecule has 1 aliphatic rings. The summed E-state index contributed by atoms with van der Waals surface area (Å²) in [7, 11) is 0. The molecule has 0 bridgehead atoms. The van der Waals surface area contributed by atoms with Gasteiger partial charge in [-0.05, 0) is 41.5 Å². The predicted octanol–water partition coefficient (Wildman–Crippen LogP) is 5.93. The van der Waals surface area contributed by atoms with Gasteiger partial charge >= 0.3 is 0 Å². The Kier molecular flexibility index (Phi) is 4.17. The van der Waals surface area contributed by atoms with Crippen LogP contribution in [0.3, 0.4) is 0 Å². The Morgan fingerprint density at radius 2 is 1.88 bits per heavy atom. The predicted molar refractivity (Wildman–Crippen MR) is 98.9 cm³/mol. The van der Waals surface area contributed by atoms with Crippen LogP contribution in [0.1, 0.15) is 22.8 Å². The van der Waals surface area contributed by atoms with Crippen LogP contribution in [-0.2, 0) is 4.79 Å². The van der Waals surface area contributed by atoms with E-state index in [0.29, 0.717) is 11.3 Å². The van der Waals surface area contributed by atoms with Crippen LogP contribution >= 0.6 is 27.3 Å². The van der Waals surface area contributed by atoms with Crippen molar-refractivity contribution in [3.63, 3.8) is 0 Å². The lowest BCUT2D eigenvalue weighted by atomic mass is 9.89. The SMILES string of the molecule is O=C1C[C@@H](c2cc(Br)ccc2F)c2scc(-c3ccc(F)cc3)c2N1. The monoisotopic (exact) mass is 419 g/mol. The molecular weight excluding hydrogens is 408 g/mol. The fourth-order valence-corrected chi connectivity index (χ4v) is 4.63. The first-order valence-corrected chi connectivity index (χ1v) is 9.32. The Labute approximate surface area is 155 Å². The third-order valence-corrected chi connectivity index (χ3v) is 5.87. The summed E-state index contributed by atoms with van der Waals surface area (Å²) in [6, 6.07) is 10.9. The second-order valence-electron chi connectivity index (χ2n) is 5.87. The number of amides is 1. The zero-order valence-corrected chi connectivity index (χ0v) is 15.3. The smallest absolute Gasteiger partial charge is 0.225 e. The van der Waals surface area contributed by atoms with E-state index in [-0.39, 0.29) is 29.9 Å². The van der Waals surface area contributed by atoms with Crippen LogP contribution in [0.2, 0.25) is 0 Å². The molecule has 25 heavy (non-hydrogen) atoms. The summed E-state index contributed by atoms with van der Waals surface area (Å²) in [6.45, 7) is 0. The molecule has 3 aromatic rings. The van der Waals surface area contributed by atoms with Gasteiger partial charge in [0.1, 0.15) is 11.6 Å². The van der Waals surface area contributed by atoms with Gasteiger partial charge in [-0.2, -0.15) is 0 Å². The maximum Gasteiger partial charge on any atom is 0.225 e. The van der Waals surface area contributed by atoms with Gasteiger partial charge in [-0.3, -0.25) is 4.79 Å². The van der Waals surface area contributed by atoms with E-state index in [1.54, 1.807) is 24.3 Å². The van der Waals surface area contributed by atoms with E-state index in [2.05, 4.69) is 21.2 Å². The van der Waals surface area contributed by atoms with Crippen molar-refractivity contribution in [3.05, 3.63) is 74.4 Å². The summed E-state index contributed by atoms with van der Waals surface area (Å²) in [5.74, 6) is -1.13. The van der Waals surface area contributed by atoms with E-state index >= 15 is 0 Å². The molecule has 2 nitrogen and oxygen atoms in total. The summed E-state index contributed by atoms with van der Waals surface area (Å²) in [6.07, 6.45) is 0.198. The number of thiophene rings is 1. The van der Waals surface area contributed by atoms with Crippen molar-refractivity contribution in [2.75, 3.05) is 5.32 Å². The minimum Gasteiger partial charge on any atom is -0.325 e. The first-order valence-electron chi connectivity index (χ1n) is 7.65. The van der Waals surface area contributed by atoms with Crippen LogP contribution in [0.15, 0.2) is 52.3 Å². The number of rotatable bonds is 2. The van der Waals surface area contributed by atoms with Crippen LogP contribution in [0, 0.1) is 11.6 Å². The van der Waals surface area contributed by atoms with Crippen LogP contribution in [0.5, 0.6) is 0 Å². The molecule has 1 amide bonds. The fourth-order valence-electron chi connectivity index (χ4n) is 3.10. The maximum absolute atomic E-state index is 14.4. The summed E-state index contributed by atoms with van der Waals surface area (Å²) >= 11 is 4.85. The highest BCUT2D eigenvalue weighted by molar-refractivity contribution is 9.10. The Bertz CT molecular complexity index is 968. The maximum atomic E-state index is 14.4. The van der Waals surface area contributed by atoms with Crippen molar-refractivity contribution >= 4 is 38.9 Å². The van der Waals surface area contributed by atoms with Gasteiger partial charge in [0, 0.05) is 32.6 Å². The Morgan fingerprint density at radius 3 is 2.64 bits per heavy atom. The van der Waals surface area contributed by atoms with Gasteiger partial charge in [-0.1, -0.05) is 28.1 Å². The number of carbonyl (C=O) groups excluding carboxylic acids is 1. The lowest BCUT2D eigenvalue weighted by molar-refractivity contribution is -0.116. The van der Waals surface area contributed by atoms with Crippen molar-refractivity contribution < 1.29 is 13.6 Å². The summed E-state index contributed by atoms with van der Waals surface area (Å²) in [5.41, 5.74) is 2.83. The third kappa shape index (κ3) is 3.00. The molecule has 0 unspecified atom stereocenters. The normalized spacial score (nSPS) is 16.4. The van der Waals surface area contributed by atoms with Gasteiger partial charge < -0.3 is 5.32 Å². The van der Waals surface area contributed by atoms with E-state index in [1.807, 2.05) is 5.38 Å². The number of anilines is 1. The second-order valence-corrected chi connectivity index (χ2v) is 7.69. The molecule has 2 heterocycles. The second kappa shape index (κ2) is 6.35. The molecule has 0 fully saturated rings. The third-order valence-electron chi connectivity index (χ3n) is 4.28. The highest BCUT2D eigenvalue weighted by Crippen LogP contribution is 2.47. The highest BCUT2D eigenvalue weighted by atomic mass is 79.9. The molecule has 1 aliphatic heterocycles. The van der Waals surface area contributed by atoms with Gasteiger partial charge in [0.2, 0.25) is 5.91 Å². The van der Waals surface area contributed by atoms with Crippen molar-refractivity contribution in [2.45, 2.75) is 12.3 Å². The lowest BCUT2D eigenvalue weighted by Gasteiger charge is -2.24. The molecule has 0 spiro atoms. The number of halogens is 3. The highest BCUT2D eigenvalue weighted by Gasteiger charge is 2.32. The van der Waals surface area contributed by atoms with E-state index < -0.39 is 0 Å². The molecule has 6 heteroatoms. The molecule has 1 aromatic heterocycles. The van der Waals surface area contributed by atoms with Crippen LogP contribution < -0.4 is 5.32 Å². The van der Waals surface area contributed by atoms with Crippen molar-refractivity contribution in [2.24, 2.45) is 0 Å². The van der Waals surface area contributed by atoms with Crippen molar-refractivity contribution in [1.29, 1.82) is 0 Å². The average Bonchev–Trinajstić information content (AvgIpc) is 3.01. The number of benzene rings is 2. The standard InChI is InChI=1S/C19H12BrF2NOS/c20-11-3-6-16(22)13(7-11)14-8-17(24)23-18-15(9-25-19(14)18)10-1-4-12(21)5-2-10/h1-7,9,14H,8H2,(H,23,24)/t14-/m0/s1. The van der Waals surface area contributed by atoms with E-state index in [0.717, 1.165) is 20.5 Å². The van der Waals surface area contributed by atoms with Gasteiger partial charge in [0.15, 0.2) is 0 Å². The summed E-state index contributed by atoms with van der Waals surface area (Å²) in [5, 5.41) is 4.82. The molecule has 1 atom stereocenters. The largest absolute Gasteiger partial charge is 0.325 e. The minimum atomic E-state index is -0.333. The molecule has 0 aliphatic carbocycles. The molecule has 0 radical (unpaired) electrons. The first-order chi connectivity index (χ1) is 12.0. The topological polar surface area (TPSA) is 29.1 Å². The number of nitrogens with one attached hydrogen (secondary N) is 1. The quantitative estimate of drug-likeness (QED) is 0.547. The van der Waals surface area contributed by atoms with Gasteiger partial charge in [0.25, 0.3) is 0 Å². The van der Waals surface area contributed by atoms with Crippen molar-refractivity contribution in [1.82, 2.24) is 0 Å². The van der Waals surface area contributed by atoms with Gasteiger partial charge in [0.05, 0.1) is 5.69 Å². The number of hydrogen-bond donors (Lipinski definition) is 1. The summed E-state index contributed by atoms with van der Waals surface area (Å²) < 4.78 is 28.3. The molecule has 0 saturated heterocycles. The molecular formula is C19H12BrF2NOS. The first kappa shape index (κ1) is 16.4. The van der Waals surface area contributed by atoms with Crippen LogP contribution in [0.4, 0.5) is 14.5 Å². The Morgan fingerprint density at radius 1 is 1.12 bits per heavy atom. The zero-order valence-electron chi connectivity index (χ0n) is 12.9. The Hall–Kier alpha value is -2.05. The zero-order chi connectivity index (χ0) is 17.6. The van der Waals surface area contributed by atoms with Gasteiger partial charge in [-0.25, -0.2) is 8.78 Å². The molecule has 4 rings (SSSR count). The molecule has 2 aromatic carbocycles. The molecule has 0 saturated carbocycles. The van der Waals surface area contributed by atoms with Gasteiger partial charge in [-0.15, -0.1) is 11.3 Å². The molecule has 1 N–H and O–H groups in total. The minimum absolute atomic E-state index is 0.154. The Balaban J connectivity index is 1.84. The van der Waals surface area contributed by atoms with Crippen LogP contribution in [-0.4, -0.2) is 5.91 Å². The number of hydrogen-bond acceptors (Lipinski definition) is 2. The number of carbonyl (C=O) groups is 1. The summed E-state index contributed by atoms with van der Waals surface area (Å²) in [4.78, 5) is 13.2.